The third-order valence-corrected chi connectivity index (χ3v) is 3.13. The minimum Gasteiger partial charge on any atom is -0.313 e. The number of ketones is 1. The molecule has 5 heteroatoms. The van der Waals surface area contributed by atoms with Crippen molar-refractivity contribution in [3.05, 3.63) is 71.8 Å². The summed E-state index contributed by atoms with van der Waals surface area (Å²) in [6, 6.07) is 20.3. The van der Waals surface area contributed by atoms with Crippen LogP contribution < -0.4 is 5.43 Å². The minimum absolute atomic E-state index is 0.213. The van der Waals surface area contributed by atoms with E-state index in [1.54, 1.807) is 6.92 Å². The van der Waals surface area contributed by atoms with Crippen molar-refractivity contribution in [2.45, 2.75) is 20.8 Å². The van der Waals surface area contributed by atoms with E-state index in [9.17, 15) is 4.79 Å². The van der Waals surface area contributed by atoms with Gasteiger partial charge in [-0.3, -0.25) is 4.79 Å². The number of nitrogens with one attached hydrogen (secondary N) is 1. The number of nitrogens with zero attached hydrogens (tertiary/aromatic N) is 1. The maximum atomic E-state index is 10.1. The molecule has 1 N–H and O–H groups in total. The first-order valence-corrected chi connectivity index (χ1v) is 13.8. The molecule has 0 saturated heterocycles. The van der Waals surface area contributed by atoms with Crippen molar-refractivity contribution in [2.75, 3.05) is 7.05 Å². The van der Waals surface area contributed by atoms with E-state index in [4.69, 9.17) is 0 Å². The molecule has 2 aromatic carbocycles. The van der Waals surface area contributed by atoms with Crippen LogP contribution in [0.15, 0.2) is 65.8 Å². The summed E-state index contributed by atoms with van der Waals surface area (Å²) in [4.78, 5) is 10.1. The van der Waals surface area contributed by atoms with E-state index in [-0.39, 0.29) is 11.7 Å². The number of Topliss-reactive ketones (excluding diaryl/α,β-unsaturated/α-hetero) is 1. The van der Waals surface area contributed by atoms with Gasteiger partial charge in [0, 0.05) is 61.3 Å². The molecule has 0 radical (unpaired) electrons. The standard InChI is InChI=1S/C14H14N2.C5H10O.I2/c1-15-16-14(12-8-4-2-5-9-12)13-10-6-3-7-11-13;1-4(2)5(3)6;1-2/h2-11,15H,1H3;4H,1-3H3;. The zero-order valence-corrected chi connectivity index (χ0v) is 18.8. The van der Waals surface area contributed by atoms with Gasteiger partial charge in [0.15, 0.2) is 0 Å². The summed E-state index contributed by atoms with van der Waals surface area (Å²) in [5.74, 6) is 0.472. The van der Waals surface area contributed by atoms with E-state index in [2.05, 4.69) is 72.0 Å². The van der Waals surface area contributed by atoms with Gasteiger partial charge in [0.2, 0.25) is 0 Å². The van der Waals surface area contributed by atoms with Crippen molar-refractivity contribution in [3.8, 4) is 0 Å². The van der Waals surface area contributed by atoms with Gasteiger partial charge >= 0.3 is 0 Å². The number of carbonyl (C=O) groups excluding carboxylic acids is 1. The Balaban J connectivity index is 0.000000563. The molecule has 0 amide bonds. The lowest BCUT2D eigenvalue weighted by Gasteiger charge is -2.06. The molecule has 0 aliphatic heterocycles. The van der Waals surface area contributed by atoms with Gasteiger partial charge in [-0.05, 0) is 6.92 Å². The first-order valence-electron chi connectivity index (χ1n) is 7.56. The van der Waals surface area contributed by atoms with Crippen LogP contribution in [-0.4, -0.2) is 18.5 Å². The molecule has 0 unspecified atom stereocenters. The highest BCUT2D eigenvalue weighted by molar-refractivity contribution is 15.0. The van der Waals surface area contributed by atoms with Crippen molar-refractivity contribution in [2.24, 2.45) is 11.0 Å². The molecular weight excluding hydrogens is 526 g/mol. The molecule has 0 aromatic heterocycles. The lowest BCUT2D eigenvalue weighted by molar-refractivity contribution is -0.119. The lowest BCUT2D eigenvalue weighted by Crippen LogP contribution is -2.08. The molecule has 130 valence electrons. The topological polar surface area (TPSA) is 41.5 Å². The fourth-order valence-corrected chi connectivity index (χ4v) is 1.60. The van der Waals surface area contributed by atoms with Crippen LogP contribution in [0.2, 0.25) is 0 Å². The molecule has 24 heavy (non-hydrogen) atoms. The predicted molar refractivity (Wildman–Crippen MR) is 121 cm³/mol. The normalized spacial score (nSPS) is 8.96. The Morgan fingerprint density at radius 1 is 0.917 bits per heavy atom. The third kappa shape index (κ3) is 9.36. The fraction of sp³-hybridized carbons (Fsp3) is 0.263. The molecule has 0 aliphatic carbocycles. The largest absolute Gasteiger partial charge is 0.313 e. The number of carbonyl (C=O) groups is 1. The number of hydrogen-bond donors (Lipinski definition) is 1. The quantitative estimate of drug-likeness (QED) is 0.304. The molecule has 2 rings (SSSR count). The summed E-state index contributed by atoms with van der Waals surface area (Å²) in [5, 5.41) is 4.33. The van der Waals surface area contributed by atoms with Crippen LogP contribution in [-0.2, 0) is 4.79 Å². The van der Waals surface area contributed by atoms with Crippen molar-refractivity contribution in [1.29, 1.82) is 0 Å². The Labute approximate surface area is 168 Å². The number of halogens is 2. The van der Waals surface area contributed by atoms with Crippen molar-refractivity contribution < 1.29 is 4.79 Å². The highest BCUT2D eigenvalue weighted by Gasteiger charge is 2.05. The molecule has 0 bridgehead atoms. The summed E-state index contributed by atoms with van der Waals surface area (Å²) >= 11 is 4.24. The summed E-state index contributed by atoms with van der Waals surface area (Å²) in [6.45, 7) is 5.38. The minimum atomic E-state index is 0.213. The molecule has 0 aliphatic rings. The van der Waals surface area contributed by atoms with Gasteiger partial charge < -0.3 is 5.43 Å². The summed E-state index contributed by atoms with van der Waals surface area (Å²) in [6.07, 6.45) is 0. The van der Waals surface area contributed by atoms with Crippen LogP contribution in [0.4, 0.5) is 0 Å². The van der Waals surface area contributed by atoms with Gasteiger partial charge in [0.05, 0.1) is 5.71 Å². The molecule has 0 saturated carbocycles. The van der Waals surface area contributed by atoms with Crippen LogP contribution in [0.1, 0.15) is 31.9 Å². The number of rotatable bonds is 4. The molecular formula is C19H24I2N2O. The van der Waals surface area contributed by atoms with E-state index in [1.165, 1.54) is 0 Å². The highest BCUT2D eigenvalue weighted by atomic mass is 128. The third-order valence-electron chi connectivity index (χ3n) is 3.13. The Morgan fingerprint density at radius 2 is 1.25 bits per heavy atom. The molecule has 3 nitrogen and oxygen atoms in total. The second-order valence-electron chi connectivity index (χ2n) is 5.18. The molecule has 0 fully saturated rings. The molecule has 0 atom stereocenters. The van der Waals surface area contributed by atoms with Gasteiger partial charge in [-0.25, -0.2) is 0 Å². The van der Waals surface area contributed by atoms with Crippen LogP contribution in [0.3, 0.4) is 0 Å². The average Bonchev–Trinajstić information content (AvgIpc) is 2.63. The van der Waals surface area contributed by atoms with E-state index in [1.807, 2.05) is 57.3 Å². The summed E-state index contributed by atoms with van der Waals surface area (Å²) < 4.78 is 0. The Morgan fingerprint density at radius 3 is 1.50 bits per heavy atom. The monoisotopic (exact) mass is 550 g/mol. The van der Waals surface area contributed by atoms with Gasteiger partial charge in [0.25, 0.3) is 0 Å². The average molecular weight is 550 g/mol. The van der Waals surface area contributed by atoms with Crippen molar-refractivity contribution in [3.63, 3.8) is 0 Å². The van der Waals surface area contributed by atoms with E-state index >= 15 is 0 Å². The maximum Gasteiger partial charge on any atom is 0.132 e. The Bertz CT molecular complexity index is 558. The maximum absolute atomic E-state index is 10.1. The predicted octanol–water partition coefficient (Wildman–Crippen LogP) is 5.66. The van der Waals surface area contributed by atoms with Gasteiger partial charge in [-0.2, -0.15) is 5.10 Å². The van der Waals surface area contributed by atoms with Crippen LogP contribution in [0, 0.1) is 5.92 Å². The molecule has 0 heterocycles. The smallest absolute Gasteiger partial charge is 0.132 e. The first-order chi connectivity index (χ1) is 11.6. The van der Waals surface area contributed by atoms with Crippen molar-refractivity contribution >= 4 is 48.7 Å². The SMILES string of the molecule is CC(=O)C(C)C.CNN=C(c1ccccc1)c1ccccc1.II. The van der Waals surface area contributed by atoms with Gasteiger partial charge in [0.1, 0.15) is 5.78 Å². The summed E-state index contributed by atoms with van der Waals surface area (Å²) in [5.41, 5.74) is 6.04. The van der Waals surface area contributed by atoms with Crippen LogP contribution in [0.5, 0.6) is 0 Å². The zero-order valence-electron chi connectivity index (χ0n) is 14.5. The second-order valence-corrected chi connectivity index (χ2v) is 5.18. The summed E-state index contributed by atoms with van der Waals surface area (Å²) in [7, 11) is 1.81. The molecule has 2 aromatic rings. The van der Waals surface area contributed by atoms with E-state index in [0.717, 1.165) is 16.8 Å². The number of hydrazone groups is 1. The number of benzene rings is 2. The Kier molecular flexibility index (Phi) is 13.8. The number of hydrogen-bond acceptors (Lipinski definition) is 3. The Hall–Kier alpha value is -0.960. The molecule has 0 spiro atoms. The highest BCUT2D eigenvalue weighted by Crippen LogP contribution is 2.09. The van der Waals surface area contributed by atoms with E-state index < -0.39 is 0 Å². The zero-order chi connectivity index (χ0) is 18.4. The second kappa shape index (κ2) is 14.4. The lowest BCUT2D eigenvalue weighted by atomic mass is 10.0. The van der Waals surface area contributed by atoms with E-state index in [0.29, 0.717) is 0 Å². The van der Waals surface area contributed by atoms with Crippen LogP contribution >= 0.6 is 37.2 Å². The van der Waals surface area contributed by atoms with Crippen LogP contribution in [0.25, 0.3) is 0 Å². The van der Waals surface area contributed by atoms with Gasteiger partial charge in [-0.15, -0.1) is 0 Å². The first kappa shape index (κ1) is 23.0. The van der Waals surface area contributed by atoms with Gasteiger partial charge in [-0.1, -0.05) is 74.5 Å². The fourth-order valence-electron chi connectivity index (χ4n) is 1.60. The van der Waals surface area contributed by atoms with Crippen molar-refractivity contribution in [1.82, 2.24) is 5.43 Å².